The molecule has 0 radical (unpaired) electrons. The molecule has 0 heterocycles. The molecule has 0 saturated heterocycles. The van der Waals surface area contributed by atoms with Gasteiger partial charge in [-0.05, 0) is 30.5 Å². The molecule has 1 aliphatic rings. The molecular formula is C14H20BrNO. The van der Waals surface area contributed by atoms with Crippen molar-refractivity contribution in [1.82, 2.24) is 5.32 Å². The fourth-order valence-electron chi connectivity index (χ4n) is 2.51. The molecule has 94 valence electrons. The first-order chi connectivity index (χ1) is 8.24. The fourth-order valence-corrected chi connectivity index (χ4v) is 2.78. The lowest BCUT2D eigenvalue weighted by molar-refractivity contribution is 0.119. The van der Waals surface area contributed by atoms with Crippen LogP contribution in [0.3, 0.4) is 0 Å². The molecule has 2 N–H and O–H groups in total. The highest BCUT2D eigenvalue weighted by atomic mass is 79.9. The normalized spacial score (nSPS) is 19.2. The van der Waals surface area contributed by atoms with Gasteiger partial charge in [0.15, 0.2) is 0 Å². The second-order valence-corrected chi connectivity index (χ2v) is 5.89. The molecule has 0 aromatic heterocycles. The van der Waals surface area contributed by atoms with Gasteiger partial charge < -0.3 is 10.4 Å². The third-order valence-electron chi connectivity index (χ3n) is 3.69. The van der Waals surface area contributed by atoms with E-state index in [-0.39, 0.29) is 12.1 Å². The number of aliphatic hydroxyl groups is 1. The third kappa shape index (κ3) is 3.54. The third-order valence-corrected chi connectivity index (χ3v) is 4.22. The average Bonchev–Trinajstić information content (AvgIpc) is 2.39. The predicted molar refractivity (Wildman–Crippen MR) is 73.9 cm³/mol. The van der Waals surface area contributed by atoms with Gasteiger partial charge >= 0.3 is 0 Å². The lowest BCUT2D eigenvalue weighted by Crippen LogP contribution is -2.49. The van der Waals surface area contributed by atoms with Crippen LogP contribution < -0.4 is 5.32 Å². The first-order valence-electron chi connectivity index (χ1n) is 6.34. The van der Waals surface area contributed by atoms with Gasteiger partial charge in [-0.1, -0.05) is 47.3 Å². The van der Waals surface area contributed by atoms with E-state index in [1.165, 1.54) is 24.8 Å². The Morgan fingerprint density at radius 3 is 2.35 bits per heavy atom. The highest BCUT2D eigenvalue weighted by Crippen LogP contribution is 2.28. The molecule has 1 aliphatic carbocycles. The Bertz CT molecular complexity index is 344. The predicted octanol–water partition coefficient (Wildman–Crippen LogP) is 3.23. The van der Waals surface area contributed by atoms with Crippen molar-refractivity contribution in [2.45, 2.75) is 44.2 Å². The van der Waals surface area contributed by atoms with Crippen molar-refractivity contribution in [1.29, 1.82) is 0 Å². The summed E-state index contributed by atoms with van der Waals surface area (Å²) in [6.07, 6.45) is 5.96. The van der Waals surface area contributed by atoms with Gasteiger partial charge in [0, 0.05) is 16.6 Å². The molecule has 1 aromatic carbocycles. The minimum absolute atomic E-state index is 0.0364. The van der Waals surface area contributed by atoms with Gasteiger partial charge in [-0.15, -0.1) is 0 Å². The summed E-state index contributed by atoms with van der Waals surface area (Å²) >= 11 is 3.44. The zero-order chi connectivity index (χ0) is 12.1. The molecule has 0 amide bonds. The highest BCUT2D eigenvalue weighted by Gasteiger charge is 2.30. The van der Waals surface area contributed by atoms with Crippen molar-refractivity contribution < 1.29 is 5.11 Å². The number of halogens is 1. The van der Waals surface area contributed by atoms with Crippen LogP contribution in [0.25, 0.3) is 0 Å². The van der Waals surface area contributed by atoms with E-state index in [0.717, 1.165) is 23.9 Å². The van der Waals surface area contributed by atoms with Gasteiger partial charge in [-0.2, -0.15) is 0 Å². The summed E-state index contributed by atoms with van der Waals surface area (Å²) < 4.78 is 1.11. The van der Waals surface area contributed by atoms with Crippen LogP contribution in [0.2, 0.25) is 0 Å². The van der Waals surface area contributed by atoms with Gasteiger partial charge in [0.2, 0.25) is 0 Å². The second-order valence-electron chi connectivity index (χ2n) is 4.98. The van der Waals surface area contributed by atoms with Crippen molar-refractivity contribution in [3.8, 4) is 0 Å². The summed E-state index contributed by atoms with van der Waals surface area (Å²) in [5, 5.41) is 13.1. The summed E-state index contributed by atoms with van der Waals surface area (Å²) in [5.74, 6) is 0. The van der Waals surface area contributed by atoms with E-state index in [1.807, 2.05) is 0 Å². The van der Waals surface area contributed by atoms with E-state index in [9.17, 15) is 5.11 Å². The Hall–Kier alpha value is -0.380. The van der Waals surface area contributed by atoms with Crippen LogP contribution in [0.15, 0.2) is 28.7 Å². The van der Waals surface area contributed by atoms with Gasteiger partial charge in [-0.25, -0.2) is 0 Å². The second kappa shape index (κ2) is 5.98. The molecular weight excluding hydrogens is 278 g/mol. The Kier molecular flexibility index (Phi) is 4.60. The number of rotatable bonds is 4. The summed E-state index contributed by atoms with van der Waals surface area (Å²) in [6, 6.07) is 8.35. The maximum atomic E-state index is 9.59. The van der Waals surface area contributed by atoms with Gasteiger partial charge in [0.05, 0.1) is 6.61 Å². The maximum absolute atomic E-state index is 9.59. The molecule has 1 aromatic rings. The van der Waals surface area contributed by atoms with E-state index in [2.05, 4.69) is 45.5 Å². The minimum Gasteiger partial charge on any atom is -0.394 e. The van der Waals surface area contributed by atoms with E-state index in [1.54, 1.807) is 0 Å². The van der Waals surface area contributed by atoms with Gasteiger partial charge in [0.1, 0.15) is 0 Å². The summed E-state index contributed by atoms with van der Waals surface area (Å²) in [6.45, 7) is 1.09. The average molecular weight is 298 g/mol. The van der Waals surface area contributed by atoms with Crippen molar-refractivity contribution in [2.24, 2.45) is 0 Å². The molecule has 0 aliphatic heterocycles. The summed E-state index contributed by atoms with van der Waals surface area (Å²) in [4.78, 5) is 0. The Morgan fingerprint density at radius 1 is 1.12 bits per heavy atom. The van der Waals surface area contributed by atoms with Gasteiger partial charge in [0.25, 0.3) is 0 Å². The zero-order valence-corrected chi connectivity index (χ0v) is 11.7. The molecule has 0 bridgehead atoms. The lowest BCUT2D eigenvalue weighted by Gasteiger charge is -2.36. The van der Waals surface area contributed by atoms with Crippen LogP contribution in [0.4, 0.5) is 0 Å². The molecule has 0 atom stereocenters. The number of hydrogen-bond donors (Lipinski definition) is 2. The fraction of sp³-hybridized carbons (Fsp3) is 0.571. The van der Waals surface area contributed by atoms with E-state index >= 15 is 0 Å². The van der Waals surface area contributed by atoms with Crippen molar-refractivity contribution in [3.63, 3.8) is 0 Å². The molecule has 17 heavy (non-hydrogen) atoms. The van der Waals surface area contributed by atoms with Crippen molar-refractivity contribution in [2.75, 3.05) is 6.61 Å². The molecule has 2 rings (SSSR count). The van der Waals surface area contributed by atoms with Crippen LogP contribution >= 0.6 is 15.9 Å². The quantitative estimate of drug-likeness (QED) is 0.894. The molecule has 3 heteroatoms. The summed E-state index contributed by atoms with van der Waals surface area (Å²) in [7, 11) is 0. The van der Waals surface area contributed by atoms with E-state index in [0.29, 0.717) is 0 Å². The Balaban J connectivity index is 1.93. The molecule has 0 spiro atoms. The summed E-state index contributed by atoms with van der Waals surface area (Å²) in [5.41, 5.74) is 1.23. The topological polar surface area (TPSA) is 32.3 Å². The zero-order valence-electron chi connectivity index (χ0n) is 10.1. The molecule has 2 nitrogen and oxygen atoms in total. The van der Waals surface area contributed by atoms with Crippen LogP contribution in [0.5, 0.6) is 0 Å². The number of hydrogen-bond acceptors (Lipinski definition) is 2. The number of benzene rings is 1. The van der Waals surface area contributed by atoms with Crippen LogP contribution in [0, 0.1) is 0 Å². The van der Waals surface area contributed by atoms with E-state index in [4.69, 9.17) is 0 Å². The largest absolute Gasteiger partial charge is 0.394 e. The van der Waals surface area contributed by atoms with Crippen molar-refractivity contribution in [3.05, 3.63) is 34.3 Å². The highest BCUT2D eigenvalue weighted by molar-refractivity contribution is 9.10. The van der Waals surface area contributed by atoms with Crippen LogP contribution in [-0.2, 0) is 6.54 Å². The van der Waals surface area contributed by atoms with Crippen LogP contribution in [0.1, 0.15) is 37.7 Å². The van der Waals surface area contributed by atoms with E-state index < -0.39 is 0 Å². The van der Waals surface area contributed by atoms with Crippen LogP contribution in [-0.4, -0.2) is 17.3 Å². The standard InChI is InChI=1S/C14H20BrNO/c15-13-6-4-12(5-7-13)10-16-14(11-17)8-2-1-3-9-14/h4-7,16-17H,1-3,8-11H2. The lowest BCUT2D eigenvalue weighted by atomic mass is 9.82. The smallest absolute Gasteiger partial charge is 0.0613 e. The molecule has 1 fully saturated rings. The molecule has 0 unspecified atom stereocenters. The SMILES string of the molecule is OCC1(NCc2ccc(Br)cc2)CCCCC1. The first kappa shape index (κ1) is 13.1. The monoisotopic (exact) mass is 297 g/mol. The minimum atomic E-state index is -0.0364. The molecule has 1 saturated carbocycles. The Labute approximate surface area is 112 Å². The van der Waals surface area contributed by atoms with Crippen molar-refractivity contribution >= 4 is 15.9 Å². The first-order valence-corrected chi connectivity index (χ1v) is 7.14. The maximum Gasteiger partial charge on any atom is 0.0613 e. The number of aliphatic hydroxyl groups excluding tert-OH is 1. The number of nitrogens with one attached hydrogen (secondary N) is 1. The van der Waals surface area contributed by atoms with Gasteiger partial charge in [-0.3, -0.25) is 0 Å². The Morgan fingerprint density at radius 2 is 1.76 bits per heavy atom.